The highest BCUT2D eigenvalue weighted by atomic mass is 16.5. The fourth-order valence-electron chi connectivity index (χ4n) is 3.58. The molecule has 0 unspecified atom stereocenters. The fraction of sp³-hybridized carbons (Fsp3) is 0.238. The Balaban J connectivity index is 1.88. The molecule has 10 nitrogen and oxygen atoms in total. The molecule has 10 heteroatoms. The molecule has 1 aliphatic heterocycles. The number of ether oxygens (including phenoxy) is 1. The van der Waals surface area contributed by atoms with Crippen molar-refractivity contribution in [3.05, 3.63) is 46.1 Å². The maximum Gasteiger partial charge on any atom is 0.197 e. The normalized spacial score (nSPS) is 23.9. The lowest BCUT2D eigenvalue weighted by Gasteiger charge is -2.35. The van der Waals surface area contributed by atoms with Gasteiger partial charge in [-0.1, -0.05) is 0 Å². The molecule has 2 aromatic carbocycles. The number of aliphatic hydroxyl groups excluding tert-OH is 2. The first-order valence-corrected chi connectivity index (χ1v) is 9.20. The molecule has 0 bridgehead atoms. The molecule has 1 aromatic heterocycles. The molecule has 1 saturated heterocycles. The van der Waals surface area contributed by atoms with E-state index in [1.807, 2.05) is 0 Å². The van der Waals surface area contributed by atoms with Crippen molar-refractivity contribution in [2.45, 2.75) is 31.3 Å². The van der Waals surface area contributed by atoms with Crippen LogP contribution in [0.3, 0.4) is 0 Å². The first kappa shape index (κ1) is 20.7. The van der Waals surface area contributed by atoms with Gasteiger partial charge in [0.1, 0.15) is 52.6 Å². The van der Waals surface area contributed by atoms with Gasteiger partial charge in [-0.05, 0) is 25.1 Å². The third-order valence-corrected chi connectivity index (χ3v) is 5.23. The number of phenols is 4. The van der Waals surface area contributed by atoms with E-state index >= 15 is 0 Å². The molecule has 0 spiro atoms. The lowest BCUT2D eigenvalue weighted by atomic mass is 9.91. The van der Waals surface area contributed by atoms with Gasteiger partial charge in [-0.15, -0.1) is 0 Å². The van der Waals surface area contributed by atoms with Gasteiger partial charge >= 0.3 is 0 Å². The quantitative estimate of drug-likeness (QED) is 0.322. The van der Waals surface area contributed by atoms with Crippen LogP contribution in [0.15, 0.2) is 39.5 Å². The monoisotopic (exact) mass is 430 g/mol. The Kier molecular flexibility index (Phi) is 4.85. The highest BCUT2D eigenvalue weighted by Crippen LogP contribution is 2.44. The van der Waals surface area contributed by atoms with E-state index in [0.717, 1.165) is 12.1 Å². The lowest BCUT2D eigenvalue weighted by Crippen LogP contribution is -2.50. The summed E-state index contributed by atoms with van der Waals surface area (Å²) in [6, 6.07) is 5.81. The van der Waals surface area contributed by atoms with Crippen molar-refractivity contribution in [3.63, 3.8) is 0 Å². The largest absolute Gasteiger partial charge is 0.507 e. The van der Waals surface area contributed by atoms with Crippen LogP contribution in [-0.2, 0) is 9.53 Å². The van der Waals surface area contributed by atoms with Crippen molar-refractivity contribution in [1.29, 1.82) is 0 Å². The number of phenolic OH excluding ortho intramolecular Hbond substituents is 4. The zero-order valence-electron chi connectivity index (χ0n) is 16.0. The molecule has 4 rings (SSSR count). The molecule has 1 fully saturated rings. The Labute approximate surface area is 173 Å². The predicted molar refractivity (Wildman–Crippen MR) is 105 cm³/mol. The molecule has 4 atom stereocenters. The number of ketones is 1. The summed E-state index contributed by atoms with van der Waals surface area (Å²) >= 11 is 0. The molecule has 6 N–H and O–H groups in total. The minimum atomic E-state index is -1.80. The Morgan fingerprint density at radius 2 is 1.61 bits per heavy atom. The topological polar surface area (TPSA) is 178 Å². The van der Waals surface area contributed by atoms with Gasteiger partial charge in [0.2, 0.25) is 0 Å². The average Bonchev–Trinajstić information content (AvgIpc) is 2.71. The molecule has 0 amide bonds. The average molecular weight is 430 g/mol. The highest BCUT2D eigenvalue weighted by molar-refractivity contribution is 5.90. The molecule has 162 valence electrons. The van der Waals surface area contributed by atoms with Crippen LogP contribution in [-0.4, -0.2) is 54.7 Å². The van der Waals surface area contributed by atoms with E-state index in [0.29, 0.717) is 0 Å². The van der Waals surface area contributed by atoms with Gasteiger partial charge in [0, 0.05) is 17.7 Å². The highest BCUT2D eigenvalue weighted by Gasteiger charge is 2.44. The van der Waals surface area contributed by atoms with Gasteiger partial charge in [-0.3, -0.25) is 9.59 Å². The first-order chi connectivity index (χ1) is 14.6. The molecular weight excluding hydrogens is 412 g/mol. The van der Waals surface area contributed by atoms with Crippen LogP contribution in [0, 0.1) is 0 Å². The third-order valence-electron chi connectivity index (χ3n) is 5.23. The van der Waals surface area contributed by atoms with Crippen LogP contribution in [0.2, 0.25) is 0 Å². The lowest BCUT2D eigenvalue weighted by molar-refractivity contribution is -0.181. The molecule has 0 radical (unpaired) electrons. The number of aromatic hydroxyl groups is 4. The second-order valence-corrected chi connectivity index (χ2v) is 7.25. The maximum absolute atomic E-state index is 12.7. The molecule has 1 aliphatic rings. The van der Waals surface area contributed by atoms with E-state index in [4.69, 9.17) is 9.15 Å². The summed E-state index contributed by atoms with van der Waals surface area (Å²) in [6.07, 6.45) is -6.20. The number of carbonyl (C=O) groups excluding carboxylic acids is 1. The van der Waals surface area contributed by atoms with E-state index < -0.39 is 52.9 Å². The minimum Gasteiger partial charge on any atom is -0.507 e. The molecule has 3 aromatic rings. The molecule has 31 heavy (non-hydrogen) atoms. The number of hydrogen-bond acceptors (Lipinski definition) is 10. The first-order valence-electron chi connectivity index (χ1n) is 9.20. The molecular formula is C21H18O10. The van der Waals surface area contributed by atoms with Gasteiger partial charge in [0.05, 0.1) is 5.56 Å². The number of fused-ring (bicyclic) bond motifs is 1. The standard InChI is InChI=1S/C21H18O10/c1-7-17(26)19(28)20(29)21(30-7)16-12(25)6-14-15(18(16)27)11(24)5-13(31-14)8-2-3-9(22)10(23)4-8/h2-7,19-23,25,27-29H,1H3/t7-,19+,20-,21+/m0/s1. The Bertz CT molecular complexity index is 1260. The number of aliphatic hydroxyl groups is 2. The minimum absolute atomic E-state index is 0.0112. The van der Waals surface area contributed by atoms with E-state index in [1.54, 1.807) is 0 Å². The summed E-state index contributed by atoms with van der Waals surface area (Å²) in [4.78, 5) is 24.5. The zero-order chi connectivity index (χ0) is 22.6. The maximum atomic E-state index is 12.7. The number of benzene rings is 2. The van der Waals surface area contributed by atoms with Crippen molar-refractivity contribution >= 4 is 16.8 Å². The van der Waals surface area contributed by atoms with Crippen LogP contribution in [0.5, 0.6) is 23.0 Å². The predicted octanol–water partition coefficient (Wildman–Crippen LogP) is 1.03. The van der Waals surface area contributed by atoms with Crippen molar-refractivity contribution < 1.29 is 44.6 Å². The van der Waals surface area contributed by atoms with Gasteiger partial charge < -0.3 is 39.8 Å². The SMILES string of the molecule is C[C@@H]1O[C@H](c2c(O)cc3oc(-c4ccc(O)c(O)c4)cc(=O)c3c2O)[C@@H](O)[C@H](O)C1=O. The van der Waals surface area contributed by atoms with Crippen molar-refractivity contribution in [2.24, 2.45) is 0 Å². The van der Waals surface area contributed by atoms with Crippen LogP contribution in [0.1, 0.15) is 18.6 Å². The number of carbonyl (C=O) groups is 1. The second-order valence-electron chi connectivity index (χ2n) is 7.25. The van der Waals surface area contributed by atoms with Crippen molar-refractivity contribution in [3.8, 4) is 34.3 Å². The number of Topliss-reactive ketones (excluding diaryl/α,β-unsaturated/α-hetero) is 1. The zero-order valence-corrected chi connectivity index (χ0v) is 16.0. The Morgan fingerprint density at radius 1 is 0.903 bits per heavy atom. The smallest absolute Gasteiger partial charge is 0.197 e. The van der Waals surface area contributed by atoms with E-state index in [9.17, 15) is 40.2 Å². The number of rotatable bonds is 2. The number of hydrogen-bond donors (Lipinski definition) is 6. The molecule has 2 heterocycles. The Morgan fingerprint density at radius 3 is 2.29 bits per heavy atom. The van der Waals surface area contributed by atoms with Crippen molar-refractivity contribution in [1.82, 2.24) is 0 Å². The molecule has 0 saturated carbocycles. The third kappa shape index (κ3) is 3.26. The summed E-state index contributed by atoms with van der Waals surface area (Å²) < 4.78 is 11.0. The van der Waals surface area contributed by atoms with Crippen molar-refractivity contribution in [2.75, 3.05) is 0 Å². The van der Waals surface area contributed by atoms with Gasteiger partial charge in [0.15, 0.2) is 22.7 Å². The fourth-order valence-corrected chi connectivity index (χ4v) is 3.58. The second kappa shape index (κ2) is 7.27. The van der Waals surface area contributed by atoms with Crippen LogP contribution < -0.4 is 5.43 Å². The van der Waals surface area contributed by atoms with Gasteiger partial charge in [-0.2, -0.15) is 0 Å². The van der Waals surface area contributed by atoms with Gasteiger partial charge in [0.25, 0.3) is 0 Å². The van der Waals surface area contributed by atoms with E-state index in [2.05, 4.69) is 0 Å². The summed E-state index contributed by atoms with van der Waals surface area (Å²) in [5.41, 5.74) is -1.04. The summed E-state index contributed by atoms with van der Waals surface area (Å²) in [5, 5.41) is 60.2. The van der Waals surface area contributed by atoms with Crippen LogP contribution in [0.25, 0.3) is 22.3 Å². The van der Waals surface area contributed by atoms with Crippen LogP contribution >= 0.6 is 0 Å². The van der Waals surface area contributed by atoms with Crippen LogP contribution in [0.4, 0.5) is 0 Å². The van der Waals surface area contributed by atoms with E-state index in [1.165, 1.54) is 25.1 Å². The van der Waals surface area contributed by atoms with E-state index in [-0.39, 0.29) is 33.6 Å². The summed E-state index contributed by atoms with van der Waals surface area (Å²) in [5.74, 6) is -2.91. The Hall–Kier alpha value is -3.60. The summed E-state index contributed by atoms with van der Waals surface area (Å²) in [7, 11) is 0. The molecule has 0 aliphatic carbocycles. The summed E-state index contributed by atoms with van der Waals surface area (Å²) in [6.45, 7) is 1.34. The van der Waals surface area contributed by atoms with Gasteiger partial charge in [-0.25, -0.2) is 0 Å².